The smallest absolute Gasteiger partial charge is 0.321 e. The summed E-state index contributed by atoms with van der Waals surface area (Å²) in [4.78, 5) is 27.4. The first kappa shape index (κ1) is 23.5. The van der Waals surface area contributed by atoms with E-state index in [2.05, 4.69) is 17.6 Å². The van der Waals surface area contributed by atoms with Crippen molar-refractivity contribution in [3.8, 4) is 0 Å². The second kappa shape index (κ2) is 11.0. The maximum absolute atomic E-state index is 13.8. The van der Waals surface area contributed by atoms with Gasteiger partial charge in [-0.1, -0.05) is 49.4 Å². The van der Waals surface area contributed by atoms with Crippen LogP contribution in [0.3, 0.4) is 0 Å². The highest BCUT2D eigenvalue weighted by molar-refractivity contribution is 5.94. The highest BCUT2D eigenvalue weighted by Crippen LogP contribution is 2.28. The van der Waals surface area contributed by atoms with Gasteiger partial charge in [0.15, 0.2) is 0 Å². The summed E-state index contributed by atoms with van der Waals surface area (Å²) >= 11 is 0. The number of nitrogens with zero attached hydrogens (tertiary/aromatic N) is 1. The van der Waals surface area contributed by atoms with E-state index in [0.717, 1.165) is 30.5 Å². The van der Waals surface area contributed by atoms with E-state index < -0.39 is 0 Å². The zero-order valence-corrected chi connectivity index (χ0v) is 19.4. The summed E-state index contributed by atoms with van der Waals surface area (Å²) in [7, 11) is 0. The number of hydrogen-bond acceptors (Lipinski definition) is 2. The molecular formula is C28H30FN3O2. The van der Waals surface area contributed by atoms with Crippen molar-refractivity contribution >= 4 is 17.6 Å². The Morgan fingerprint density at radius 3 is 2.59 bits per heavy atom. The molecule has 3 aromatic carbocycles. The van der Waals surface area contributed by atoms with Crippen LogP contribution in [0, 0.1) is 5.82 Å². The van der Waals surface area contributed by atoms with Crippen LogP contribution in [0.25, 0.3) is 0 Å². The van der Waals surface area contributed by atoms with Crippen LogP contribution >= 0.6 is 0 Å². The number of likely N-dealkylation sites (tertiary alicyclic amines) is 1. The van der Waals surface area contributed by atoms with Crippen LogP contribution in [0.15, 0.2) is 72.8 Å². The minimum atomic E-state index is -0.335. The molecule has 0 bridgehead atoms. The minimum absolute atomic E-state index is 0.104. The van der Waals surface area contributed by atoms with Gasteiger partial charge in [-0.15, -0.1) is 0 Å². The molecule has 34 heavy (non-hydrogen) atoms. The molecular weight excluding hydrogens is 429 g/mol. The van der Waals surface area contributed by atoms with Crippen molar-refractivity contribution in [3.63, 3.8) is 0 Å². The van der Waals surface area contributed by atoms with Gasteiger partial charge >= 0.3 is 6.03 Å². The Balaban J connectivity index is 1.37. The third-order valence-corrected chi connectivity index (χ3v) is 6.34. The lowest BCUT2D eigenvalue weighted by atomic mass is 9.89. The van der Waals surface area contributed by atoms with Crippen LogP contribution in [0.2, 0.25) is 0 Å². The number of halogens is 1. The molecule has 3 amide bonds. The van der Waals surface area contributed by atoms with Crippen LogP contribution in [-0.2, 0) is 13.0 Å². The van der Waals surface area contributed by atoms with Gasteiger partial charge in [0.05, 0.1) is 0 Å². The molecule has 3 aromatic rings. The van der Waals surface area contributed by atoms with E-state index in [1.807, 2.05) is 47.4 Å². The fourth-order valence-electron chi connectivity index (χ4n) is 4.31. The lowest BCUT2D eigenvalue weighted by Gasteiger charge is -2.33. The fourth-order valence-corrected chi connectivity index (χ4v) is 4.31. The van der Waals surface area contributed by atoms with Crippen LogP contribution in [0.1, 0.15) is 52.7 Å². The molecule has 1 heterocycles. The van der Waals surface area contributed by atoms with Gasteiger partial charge in [-0.05, 0) is 60.7 Å². The average molecular weight is 460 g/mol. The highest BCUT2D eigenvalue weighted by atomic mass is 19.1. The summed E-state index contributed by atoms with van der Waals surface area (Å²) < 4.78 is 13.8. The molecule has 4 rings (SSSR count). The molecule has 176 valence electrons. The molecule has 1 atom stereocenters. The molecule has 1 unspecified atom stereocenters. The number of urea groups is 1. The summed E-state index contributed by atoms with van der Waals surface area (Å²) in [5.41, 5.74) is 4.03. The number of carbonyl (C=O) groups is 2. The van der Waals surface area contributed by atoms with Crippen molar-refractivity contribution < 1.29 is 14.0 Å². The van der Waals surface area contributed by atoms with E-state index in [-0.39, 0.29) is 30.2 Å². The van der Waals surface area contributed by atoms with Crippen LogP contribution < -0.4 is 10.6 Å². The van der Waals surface area contributed by atoms with E-state index in [9.17, 15) is 14.0 Å². The molecule has 0 aromatic heterocycles. The second-order valence-corrected chi connectivity index (χ2v) is 8.67. The van der Waals surface area contributed by atoms with Crippen molar-refractivity contribution in [2.24, 2.45) is 0 Å². The average Bonchev–Trinajstić information content (AvgIpc) is 2.88. The van der Waals surface area contributed by atoms with E-state index in [1.54, 1.807) is 24.3 Å². The number of carbonyl (C=O) groups excluding carboxylic acids is 2. The highest BCUT2D eigenvalue weighted by Gasteiger charge is 2.25. The number of benzene rings is 3. The Morgan fingerprint density at radius 2 is 1.82 bits per heavy atom. The molecule has 0 aliphatic carbocycles. The van der Waals surface area contributed by atoms with Gasteiger partial charge in [0.1, 0.15) is 5.82 Å². The Hall–Kier alpha value is -3.67. The number of piperidine rings is 1. The van der Waals surface area contributed by atoms with Gasteiger partial charge < -0.3 is 15.5 Å². The predicted octanol–water partition coefficient (Wildman–Crippen LogP) is 5.73. The van der Waals surface area contributed by atoms with E-state index in [0.29, 0.717) is 24.2 Å². The topological polar surface area (TPSA) is 61.4 Å². The number of hydrogen-bond donors (Lipinski definition) is 2. The molecule has 2 N–H and O–H groups in total. The van der Waals surface area contributed by atoms with E-state index >= 15 is 0 Å². The van der Waals surface area contributed by atoms with Gasteiger partial charge in [0.25, 0.3) is 5.91 Å². The summed E-state index contributed by atoms with van der Waals surface area (Å²) in [5, 5.41) is 5.79. The first-order valence-corrected chi connectivity index (χ1v) is 11.8. The van der Waals surface area contributed by atoms with Gasteiger partial charge in [-0.2, -0.15) is 0 Å². The number of aryl methyl sites for hydroxylation is 1. The van der Waals surface area contributed by atoms with Crippen LogP contribution in [-0.4, -0.2) is 29.9 Å². The molecule has 6 heteroatoms. The Kier molecular flexibility index (Phi) is 7.58. The molecule has 1 fully saturated rings. The predicted molar refractivity (Wildman–Crippen MR) is 132 cm³/mol. The zero-order valence-electron chi connectivity index (χ0n) is 19.4. The lowest BCUT2D eigenvalue weighted by molar-refractivity contribution is 0.0950. The van der Waals surface area contributed by atoms with Crippen molar-refractivity contribution in [2.75, 3.05) is 18.4 Å². The molecule has 1 saturated heterocycles. The number of amides is 3. The standard InChI is InChI=1S/C28H30FN3O2/c1-2-20-12-14-25(15-13-20)31-28(34)32-16-6-10-24(19-32)21-8-5-9-22(17-21)27(33)30-18-23-7-3-4-11-26(23)29/h3-5,7-9,11-15,17,24H,2,6,10,16,18-19H2,1H3,(H,30,33)(H,31,34). The number of anilines is 1. The molecule has 1 aliphatic heterocycles. The van der Waals surface area contributed by atoms with Crippen LogP contribution in [0.5, 0.6) is 0 Å². The number of rotatable bonds is 6. The van der Waals surface area contributed by atoms with Gasteiger partial charge in [-0.3, -0.25) is 4.79 Å². The summed E-state index contributed by atoms with van der Waals surface area (Å²) in [6.07, 6.45) is 2.81. The largest absolute Gasteiger partial charge is 0.348 e. The molecule has 0 spiro atoms. The Labute approximate surface area is 200 Å². The first-order valence-electron chi connectivity index (χ1n) is 11.8. The zero-order chi connectivity index (χ0) is 23.9. The first-order chi connectivity index (χ1) is 16.5. The van der Waals surface area contributed by atoms with E-state index in [1.165, 1.54) is 11.6 Å². The quantitative estimate of drug-likeness (QED) is 0.495. The lowest BCUT2D eigenvalue weighted by Crippen LogP contribution is -2.41. The van der Waals surface area contributed by atoms with Crippen molar-refractivity contribution in [3.05, 3.63) is 101 Å². The third-order valence-electron chi connectivity index (χ3n) is 6.34. The molecule has 1 aliphatic rings. The second-order valence-electron chi connectivity index (χ2n) is 8.67. The maximum atomic E-state index is 13.8. The van der Waals surface area contributed by atoms with Crippen molar-refractivity contribution in [2.45, 2.75) is 38.6 Å². The Morgan fingerprint density at radius 1 is 1.03 bits per heavy atom. The Bertz CT molecular complexity index is 1150. The SMILES string of the molecule is CCc1ccc(NC(=O)N2CCCC(c3cccc(C(=O)NCc4ccccc4F)c3)C2)cc1. The fraction of sp³-hybridized carbons (Fsp3) is 0.286. The number of nitrogens with one attached hydrogen (secondary N) is 2. The van der Waals surface area contributed by atoms with Gasteiger partial charge in [0.2, 0.25) is 0 Å². The minimum Gasteiger partial charge on any atom is -0.348 e. The summed E-state index contributed by atoms with van der Waals surface area (Å²) in [5.74, 6) is -0.425. The summed E-state index contributed by atoms with van der Waals surface area (Å²) in [6.45, 7) is 3.53. The molecule has 5 nitrogen and oxygen atoms in total. The molecule has 0 saturated carbocycles. The monoisotopic (exact) mass is 459 g/mol. The third kappa shape index (κ3) is 5.81. The normalized spacial score (nSPS) is 15.6. The summed E-state index contributed by atoms with van der Waals surface area (Å²) in [6, 6.07) is 21.7. The van der Waals surface area contributed by atoms with Crippen LogP contribution in [0.4, 0.5) is 14.9 Å². The van der Waals surface area contributed by atoms with Crippen molar-refractivity contribution in [1.29, 1.82) is 0 Å². The molecule has 0 radical (unpaired) electrons. The van der Waals surface area contributed by atoms with Gasteiger partial charge in [-0.25, -0.2) is 9.18 Å². The van der Waals surface area contributed by atoms with Crippen molar-refractivity contribution in [1.82, 2.24) is 10.2 Å². The maximum Gasteiger partial charge on any atom is 0.321 e. The van der Waals surface area contributed by atoms with E-state index in [4.69, 9.17) is 0 Å². The van der Waals surface area contributed by atoms with Gasteiger partial charge in [0, 0.05) is 42.4 Å².